The molecule has 0 bridgehead atoms. The maximum atomic E-state index is 11.0. The largest absolute Gasteiger partial charge is 0.257 e. The van der Waals surface area contributed by atoms with Crippen LogP contribution < -0.4 is 4.31 Å². The summed E-state index contributed by atoms with van der Waals surface area (Å²) in [5.41, 5.74) is 0. The van der Waals surface area contributed by atoms with E-state index < -0.39 is 10.0 Å². The molecular weight excluding hydrogens is 176 g/mol. The normalized spacial score (nSPS) is 11.2. The topological polar surface area (TPSA) is 50.3 Å². The highest BCUT2D eigenvalue weighted by Gasteiger charge is 2.11. The Balaban J connectivity index is 3.02. The molecule has 0 aliphatic carbocycles. The van der Waals surface area contributed by atoms with Crippen LogP contribution in [0.2, 0.25) is 0 Å². The molecule has 0 saturated carbocycles. The fourth-order valence-electron chi connectivity index (χ4n) is 0.710. The first-order chi connectivity index (χ1) is 5.52. The summed E-state index contributed by atoms with van der Waals surface area (Å²) in [5.74, 6) is 0.431. The maximum Gasteiger partial charge on any atom is 0.233 e. The number of aromatic nitrogens is 1. The summed E-state index contributed by atoms with van der Waals surface area (Å²) in [6.07, 6.45) is 2.69. The van der Waals surface area contributed by atoms with E-state index in [2.05, 4.69) is 4.98 Å². The molecule has 0 amide bonds. The van der Waals surface area contributed by atoms with Gasteiger partial charge in [-0.1, -0.05) is 6.07 Å². The summed E-state index contributed by atoms with van der Waals surface area (Å²) in [6, 6.07) is 5.12. The molecular formula is C7H10N2O2S. The van der Waals surface area contributed by atoms with E-state index in [1.165, 1.54) is 7.05 Å². The van der Waals surface area contributed by atoms with E-state index in [0.29, 0.717) is 5.82 Å². The monoisotopic (exact) mass is 186 g/mol. The van der Waals surface area contributed by atoms with Crippen LogP contribution in [0.3, 0.4) is 0 Å². The van der Waals surface area contributed by atoms with Gasteiger partial charge < -0.3 is 0 Å². The van der Waals surface area contributed by atoms with Crippen molar-refractivity contribution in [2.45, 2.75) is 0 Å². The molecule has 4 nitrogen and oxygen atoms in total. The third-order valence-corrected chi connectivity index (χ3v) is 2.65. The van der Waals surface area contributed by atoms with Gasteiger partial charge in [-0.05, 0) is 12.1 Å². The molecule has 1 heterocycles. The molecule has 0 saturated heterocycles. The Bertz CT molecular complexity index is 347. The maximum absolute atomic E-state index is 11.0. The van der Waals surface area contributed by atoms with Crippen molar-refractivity contribution in [3.05, 3.63) is 24.4 Å². The van der Waals surface area contributed by atoms with Crippen molar-refractivity contribution in [3.63, 3.8) is 0 Å². The average molecular weight is 186 g/mol. The Kier molecular flexibility index (Phi) is 2.32. The van der Waals surface area contributed by atoms with Gasteiger partial charge in [-0.2, -0.15) is 0 Å². The number of rotatable bonds is 2. The summed E-state index contributed by atoms with van der Waals surface area (Å²) < 4.78 is 23.2. The van der Waals surface area contributed by atoms with E-state index in [4.69, 9.17) is 0 Å². The molecule has 0 atom stereocenters. The lowest BCUT2D eigenvalue weighted by atomic mass is 10.5. The Morgan fingerprint density at radius 3 is 2.50 bits per heavy atom. The van der Waals surface area contributed by atoms with Crippen molar-refractivity contribution in [2.75, 3.05) is 17.6 Å². The second kappa shape index (κ2) is 3.10. The molecule has 1 rings (SSSR count). The summed E-state index contributed by atoms with van der Waals surface area (Å²) in [5, 5.41) is 0. The number of hydrogen-bond acceptors (Lipinski definition) is 3. The van der Waals surface area contributed by atoms with Crippen molar-refractivity contribution >= 4 is 15.8 Å². The van der Waals surface area contributed by atoms with Crippen LogP contribution in [-0.4, -0.2) is 26.7 Å². The smallest absolute Gasteiger partial charge is 0.233 e. The molecule has 0 aliphatic rings. The SMILES string of the molecule is CN(c1ccccn1)S(C)(=O)=O. The Morgan fingerprint density at radius 1 is 1.42 bits per heavy atom. The summed E-state index contributed by atoms with van der Waals surface area (Å²) >= 11 is 0. The van der Waals surface area contributed by atoms with Crippen LogP contribution in [0.1, 0.15) is 0 Å². The molecule has 5 heteroatoms. The Labute approximate surface area is 71.9 Å². The van der Waals surface area contributed by atoms with E-state index in [1.54, 1.807) is 24.4 Å². The van der Waals surface area contributed by atoms with Crippen LogP contribution in [0.25, 0.3) is 0 Å². The molecule has 0 spiro atoms. The Morgan fingerprint density at radius 2 is 2.08 bits per heavy atom. The molecule has 0 N–H and O–H groups in total. The first-order valence-electron chi connectivity index (χ1n) is 3.37. The van der Waals surface area contributed by atoms with Gasteiger partial charge >= 0.3 is 0 Å². The van der Waals surface area contributed by atoms with Crippen molar-refractivity contribution in [1.29, 1.82) is 0 Å². The highest BCUT2D eigenvalue weighted by Crippen LogP contribution is 2.09. The highest BCUT2D eigenvalue weighted by molar-refractivity contribution is 7.92. The number of sulfonamides is 1. The van der Waals surface area contributed by atoms with Gasteiger partial charge in [0.05, 0.1) is 6.26 Å². The summed E-state index contributed by atoms with van der Waals surface area (Å²) in [6.45, 7) is 0. The van der Waals surface area contributed by atoms with Crippen LogP contribution in [0, 0.1) is 0 Å². The molecule has 12 heavy (non-hydrogen) atoms. The van der Waals surface area contributed by atoms with Crippen LogP contribution in [0.5, 0.6) is 0 Å². The first kappa shape index (κ1) is 8.99. The van der Waals surface area contributed by atoms with E-state index in [1.807, 2.05) is 0 Å². The predicted octanol–water partition coefficient (Wildman–Crippen LogP) is 0.477. The predicted molar refractivity (Wildman–Crippen MR) is 47.5 cm³/mol. The van der Waals surface area contributed by atoms with Gasteiger partial charge in [0.25, 0.3) is 0 Å². The molecule has 0 aliphatic heterocycles. The standard InChI is InChI=1S/C7H10N2O2S/c1-9(12(2,10)11)7-5-3-4-6-8-7/h3-6H,1-2H3. The minimum Gasteiger partial charge on any atom is -0.257 e. The number of pyridine rings is 1. The van der Waals surface area contributed by atoms with Gasteiger partial charge in [0, 0.05) is 13.2 Å². The average Bonchev–Trinajstić information content (AvgIpc) is 2.03. The van der Waals surface area contributed by atoms with Gasteiger partial charge in [0.2, 0.25) is 10.0 Å². The zero-order valence-corrected chi connectivity index (χ0v) is 7.75. The summed E-state index contributed by atoms with van der Waals surface area (Å²) in [7, 11) is -1.72. The first-order valence-corrected chi connectivity index (χ1v) is 5.21. The summed E-state index contributed by atoms with van der Waals surface area (Å²) in [4.78, 5) is 3.89. The van der Waals surface area contributed by atoms with E-state index in [9.17, 15) is 8.42 Å². The third kappa shape index (κ3) is 1.94. The lowest BCUT2D eigenvalue weighted by Crippen LogP contribution is -2.25. The lowest BCUT2D eigenvalue weighted by molar-refractivity contribution is 0.600. The fourth-order valence-corrected chi connectivity index (χ4v) is 1.16. The van der Waals surface area contributed by atoms with Crippen LogP contribution >= 0.6 is 0 Å². The molecule has 0 aromatic carbocycles. The van der Waals surface area contributed by atoms with Crippen LogP contribution in [-0.2, 0) is 10.0 Å². The van der Waals surface area contributed by atoms with Crippen LogP contribution in [0.4, 0.5) is 5.82 Å². The molecule has 0 radical (unpaired) electrons. The molecule has 0 unspecified atom stereocenters. The van der Waals surface area contributed by atoms with Gasteiger partial charge in [0.1, 0.15) is 5.82 Å². The third-order valence-electron chi connectivity index (χ3n) is 1.47. The molecule has 1 aromatic heterocycles. The Hall–Kier alpha value is -1.10. The second-order valence-electron chi connectivity index (χ2n) is 2.42. The quantitative estimate of drug-likeness (QED) is 0.675. The number of hydrogen-bond donors (Lipinski definition) is 0. The van der Waals surface area contributed by atoms with Crippen molar-refractivity contribution in [3.8, 4) is 0 Å². The second-order valence-corrected chi connectivity index (χ2v) is 4.43. The van der Waals surface area contributed by atoms with E-state index >= 15 is 0 Å². The zero-order chi connectivity index (χ0) is 9.19. The van der Waals surface area contributed by atoms with Crippen molar-refractivity contribution in [2.24, 2.45) is 0 Å². The van der Waals surface area contributed by atoms with E-state index in [0.717, 1.165) is 10.6 Å². The van der Waals surface area contributed by atoms with Crippen molar-refractivity contribution < 1.29 is 8.42 Å². The number of nitrogens with zero attached hydrogens (tertiary/aromatic N) is 2. The fraction of sp³-hybridized carbons (Fsp3) is 0.286. The van der Waals surface area contributed by atoms with Gasteiger partial charge in [0.15, 0.2) is 0 Å². The minimum atomic E-state index is -3.19. The minimum absolute atomic E-state index is 0.431. The van der Waals surface area contributed by atoms with E-state index in [-0.39, 0.29) is 0 Å². The molecule has 0 fully saturated rings. The van der Waals surface area contributed by atoms with Gasteiger partial charge in [-0.15, -0.1) is 0 Å². The number of anilines is 1. The van der Waals surface area contributed by atoms with Gasteiger partial charge in [-0.25, -0.2) is 13.4 Å². The molecule has 66 valence electrons. The van der Waals surface area contributed by atoms with Crippen LogP contribution in [0.15, 0.2) is 24.4 Å². The highest BCUT2D eigenvalue weighted by atomic mass is 32.2. The molecule has 1 aromatic rings. The lowest BCUT2D eigenvalue weighted by Gasteiger charge is -2.14. The van der Waals surface area contributed by atoms with Crippen molar-refractivity contribution in [1.82, 2.24) is 4.98 Å². The zero-order valence-electron chi connectivity index (χ0n) is 6.93. The van der Waals surface area contributed by atoms with Gasteiger partial charge in [-0.3, -0.25) is 4.31 Å².